The minimum atomic E-state index is -0.467. The Balaban J connectivity index is 0. The summed E-state index contributed by atoms with van der Waals surface area (Å²) in [5, 5.41) is 6.57. The molecule has 2 N–H and O–H groups in total. The lowest BCUT2D eigenvalue weighted by Crippen LogP contribution is -2.43. The third kappa shape index (κ3) is 12.7. The second kappa shape index (κ2) is 12.6. The molecule has 0 aromatic heterocycles. The molecule has 0 saturated carbocycles. The molecule has 144 valence electrons. The fourth-order valence-corrected chi connectivity index (χ4v) is 1.81. The van der Waals surface area contributed by atoms with Gasteiger partial charge in [-0.25, -0.2) is 4.79 Å². The molecule has 0 aliphatic carbocycles. The third-order valence-corrected chi connectivity index (χ3v) is 3.43. The van der Waals surface area contributed by atoms with Crippen LogP contribution in [0.3, 0.4) is 0 Å². The minimum Gasteiger partial charge on any atom is -0.444 e. The Morgan fingerprint density at radius 3 is 2.04 bits per heavy atom. The number of carbonyl (C=O) groups excluding carboxylic acids is 1. The van der Waals surface area contributed by atoms with Crippen LogP contribution in [0.15, 0.2) is 4.99 Å². The quantitative estimate of drug-likeness (QED) is 0.350. The van der Waals surface area contributed by atoms with Crippen LogP contribution in [0.25, 0.3) is 0 Å². The molecule has 0 bridgehead atoms. The van der Waals surface area contributed by atoms with Crippen molar-refractivity contribution >= 4 is 36.0 Å². The van der Waals surface area contributed by atoms with Gasteiger partial charge in [0.1, 0.15) is 5.60 Å². The van der Waals surface area contributed by atoms with Crippen molar-refractivity contribution in [3.8, 4) is 0 Å². The highest BCUT2D eigenvalue weighted by Crippen LogP contribution is 2.11. The molecule has 0 fully saturated rings. The highest BCUT2D eigenvalue weighted by molar-refractivity contribution is 14.0. The average molecular weight is 456 g/mol. The first-order chi connectivity index (χ1) is 10.6. The SMILES string of the molecule is CN=C(NCCC(C)C)NCCC(C)N(C)C(=O)OC(C)(C)C.I. The molecule has 0 aliphatic rings. The van der Waals surface area contributed by atoms with Crippen molar-refractivity contribution in [1.29, 1.82) is 0 Å². The fourth-order valence-electron chi connectivity index (χ4n) is 1.81. The Labute approximate surface area is 165 Å². The van der Waals surface area contributed by atoms with E-state index in [2.05, 4.69) is 29.5 Å². The summed E-state index contributed by atoms with van der Waals surface area (Å²) in [7, 11) is 3.54. The standard InChI is InChI=1S/C17H36N4O2.HI/c1-13(2)9-11-19-15(18-7)20-12-10-14(3)21(8)16(22)23-17(4,5)6;/h13-14H,9-12H2,1-8H3,(H2,18,19,20);1H. The van der Waals surface area contributed by atoms with E-state index in [0.717, 1.165) is 31.9 Å². The van der Waals surface area contributed by atoms with E-state index >= 15 is 0 Å². The van der Waals surface area contributed by atoms with Gasteiger partial charge in [0.2, 0.25) is 0 Å². The van der Waals surface area contributed by atoms with E-state index in [0.29, 0.717) is 5.92 Å². The van der Waals surface area contributed by atoms with Crippen LogP contribution in [0.1, 0.15) is 54.4 Å². The lowest BCUT2D eigenvalue weighted by Gasteiger charge is -2.28. The average Bonchev–Trinajstić information content (AvgIpc) is 2.42. The van der Waals surface area contributed by atoms with Crippen LogP contribution in [0.4, 0.5) is 4.79 Å². The summed E-state index contributed by atoms with van der Waals surface area (Å²) in [5.41, 5.74) is -0.467. The second-order valence-corrected chi connectivity index (χ2v) is 7.34. The molecule has 0 aromatic carbocycles. The van der Waals surface area contributed by atoms with Crippen LogP contribution >= 0.6 is 24.0 Å². The summed E-state index contributed by atoms with van der Waals surface area (Å²) in [6.07, 6.45) is 1.64. The number of carbonyl (C=O) groups is 1. The van der Waals surface area contributed by atoms with Crippen molar-refractivity contribution in [3.05, 3.63) is 0 Å². The maximum Gasteiger partial charge on any atom is 0.410 e. The maximum absolute atomic E-state index is 12.0. The molecule has 1 atom stereocenters. The summed E-state index contributed by atoms with van der Waals surface area (Å²) in [5.74, 6) is 1.47. The highest BCUT2D eigenvalue weighted by Gasteiger charge is 2.22. The van der Waals surface area contributed by atoms with Crippen LogP contribution < -0.4 is 10.6 Å². The lowest BCUT2D eigenvalue weighted by molar-refractivity contribution is 0.0230. The normalized spacial score (nSPS) is 13.1. The van der Waals surface area contributed by atoms with Gasteiger partial charge in [0, 0.05) is 33.2 Å². The first kappa shape index (κ1) is 25.5. The Bertz CT molecular complexity index is 381. The smallest absolute Gasteiger partial charge is 0.410 e. The summed E-state index contributed by atoms with van der Waals surface area (Å²) in [4.78, 5) is 17.8. The second-order valence-electron chi connectivity index (χ2n) is 7.34. The van der Waals surface area contributed by atoms with Gasteiger partial charge in [0.05, 0.1) is 0 Å². The van der Waals surface area contributed by atoms with Crippen molar-refractivity contribution < 1.29 is 9.53 Å². The van der Waals surface area contributed by atoms with Gasteiger partial charge in [-0.1, -0.05) is 13.8 Å². The predicted octanol–water partition coefficient (Wildman–Crippen LogP) is 3.46. The summed E-state index contributed by atoms with van der Waals surface area (Å²) >= 11 is 0. The van der Waals surface area contributed by atoms with E-state index in [1.807, 2.05) is 27.7 Å². The highest BCUT2D eigenvalue weighted by atomic mass is 127. The van der Waals surface area contributed by atoms with E-state index in [1.165, 1.54) is 0 Å². The first-order valence-electron chi connectivity index (χ1n) is 8.47. The van der Waals surface area contributed by atoms with Crippen LogP contribution in [0.5, 0.6) is 0 Å². The van der Waals surface area contributed by atoms with Crippen molar-refractivity contribution in [3.63, 3.8) is 0 Å². The maximum atomic E-state index is 12.0. The van der Waals surface area contributed by atoms with Crippen molar-refractivity contribution in [2.75, 3.05) is 27.2 Å². The number of hydrogen-bond donors (Lipinski definition) is 2. The number of halogens is 1. The third-order valence-electron chi connectivity index (χ3n) is 3.43. The number of nitrogens with zero attached hydrogens (tertiary/aromatic N) is 2. The molecule has 0 spiro atoms. The van der Waals surface area contributed by atoms with E-state index < -0.39 is 5.60 Å². The molecule has 6 nitrogen and oxygen atoms in total. The molecular weight excluding hydrogens is 419 g/mol. The van der Waals surface area contributed by atoms with Gasteiger partial charge >= 0.3 is 6.09 Å². The molecule has 0 aromatic rings. The van der Waals surface area contributed by atoms with E-state index in [9.17, 15) is 4.79 Å². The van der Waals surface area contributed by atoms with Gasteiger partial charge in [-0.3, -0.25) is 4.99 Å². The Kier molecular flexibility index (Phi) is 13.4. The number of amides is 1. The summed E-state index contributed by atoms with van der Waals surface area (Å²) < 4.78 is 5.38. The van der Waals surface area contributed by atoms with E-state index in [1.54, 1.807) is 19.0 Å². The van der Waals surface area contributed by atoms with Crippen molar-refractivity contribution in [1.82, 2.24) is 15.5 Å². The van der Waals surface area contributed by atoms with Crippen LogP contribution in [0.2, 0.25) is 0 Å². The molecule has 0 radical (unpaired) electrons. The molecule has 0 heterocycles. The zero-order valence-corrected chi connectivity index (χ0v) is 18.9. The molecule has 24 heavy (non-hydrogen) atoms. The summed E-state index contributed by atoms with van der Waals surface area (Å²) in [6.45, 7) is 13.7. The largest absolute Gasteiger partial charge is 0.444 e. The zero-order chi connectivity index (χ0) is 18.0. The topological polar surface area (TPSA) is 66.0 Å². The van der Waals surface area contributed by atoms with Gasteiger partial charge in [-0.05, 0) is 46.5 Å². The number of guanidine groups is 1. The molecule has 7 heteroatoms. The lowest BCUT2D eigenvalue weighted by atomic mass is 10.1. The first-order valence-corrected chi connectivity index (χ1v) is 8.47. The molecule has 1 unspecified atom stereocenters. The Morgan fingerprint density at radius 2 is 1.62 bits per heavy atom. The van der Waals surface area contributed by atoms with Gasteiger partial charge in [0.25, 0.3) is 0 Å². The van der Waals surface area contributed by atoms with Crippen molar-refractivity contribution in [2.24, 2.45) is 10.9 Å². The van der Waals surface area contributed by atoms with E-state index in [4.69, 9.17) is 4.74 Å². The molecule has 0 saturated heterocycles. The molecular formula is C17H37IN4O2. The number of nitrogens with one attached hydrogen (secondary N) is 2. The minimum absolute atomic E-state index is 0. The number of aliphatic imine (C=N–C) groups is 1. The molecule has 0 rings (SSSR count). The monoisotopic (exact) mass is 456 g/mol. The van der Waals surface area contributed by atoms with Gasteiger partial charge in [0.15, 0.2) is 5.96 Å². The van der Waals surface area contributed by atoms with Gasteiger partial charge in [-0.2, -0.15) is 0 Å². The van der Waals surface area contributed by atoms with E-state index in [-0.39, 0.29) is 36.1 Å². The van der Waals surface area contributed by atoms with Gasteiger partial charge in [-0.15, -0.1) is 24.0 Å². The van der Waals surface area contributed by atoms with Crippen molar-refractivity contribution in [2.45, 2.75) is 66.0 Å². The Morgan fingerprint density at radius 1 is 1.12 bits per heavy atom. The Hall–Kier alpha value is -0.730. The van der Waals surface area contributed by atoms with Crippen LogP contribution in [0, 0.1) is 5.92 Å². The number of rotatable bonds is 7. The zero-order valence-electron chi connectivity index (χ0n) is 16.6. The summed E-state index contributed by atoms with van der Waals surface area (Å²) in [6, 6.07) is 0.0890. The number of ether oxygens (including phenoxy) is 1. The number of hydrogen-bond acceptors (Lipinski definition) is 3. The molecule has 0 aliphatic heterocycles. The van der Waals surface area contributed by atoms with Crippen LogP contribution in [-0.4, -0.2) is 55.8 Å². The fraction of sp³-hybridized carbons (Fsp3) is 0.882. The molecule has 1 amide bonds. The predicted molar refractivity (Wildman–Crippen MR) is 112 cm³/mol. The van der Waals surface area contributed by atoms with Crippen LogP contribution in [-0.2, 0) is 4.74 Å². The van der Waals surface area contributed by atoms with Gasteiger partial charge < -0.3 is 20.3 Å².